The SMILES string of the molecule is CC(C)CC(NC(=O)CN)C(=O)NC(Cc1cnc[nH]1)C(=O)NC(C(=O)O)C(C)C. The number of rotatable bonds is 12. The van der Waals surface area contributed by atoms with Crippen LogP contribution >= 0.6 is 0 Å². The fourth-order valence-electron chi connectivity index (χ4n) is 2.82. The van der Waals surface area contributed by atoms with Gasteiger partial charge in [0.25, 0.3) is 0 Å². The lowest BCUT2D eigenvalue weighted by molar-refractivity contribution is -0.143. The Balaban J connectivity index is 3.02. The molecule has 11 heteroatoms. The van der Waals surface area contributed by atoms with Crippen LogP contribution in [-0.4, -0.2) is 63.4 Å². The third-order valence-electron chi connectivity index (χ3n) is 4.39. The molecule has 11 nitrogen and oxygen atoms in total. The molecule has 30 heavy (non-hydrogen) atoms. The fourth-order valence-corrected chi connectivity index (χ4v) is 2.82. The fraction of sp³-hybridized carbons (Fsp3) is 0.632. The van der Waals surface area contributed by atoms with Gasteiger partial charge in [0, 0.05) is 18.3 Å². The molecule has 1 aromatic heterocycles. The predicted molar refractivity (Wildman–Crippen MR) is 109 cm³/mol. The minimum absolute atomic E-state index is 0.0707. The average Bonchev–Trinajstić information content (AvgIpc) is 3.16. The molecule has 3 unspecified atom stereocenters. The molecule has 0 fully saturated rings. The summed E-state index contributed by atoms with van der Waals surface area (Å²) in [4.78, 5) is 55.5. The highest BCUT2D eigenvalue weighted by Gasteiger charge is 2.31. The summed E-state index contributed by atoms with van der Waals surface area (Å²) in [6.07, 6.45) is 3.36. The van der Waals surface area contributed by atoms with E-state index >= 15 is 0 Å². The lowest BCUT2D eigenvalue weighted by Gasteiger charge is -2.26. The van der Waals surface area contributed by atoms with Crippen molar-refractivity contribution in [2.45, 2.75) is 58.7 Å². The normalized spacial score (nSPS) is 14.1. The van der Waals surface area contributed by atoms with Gasteiger partial charge in [-0.1, -0.05) is 27.7 Å². The predicted octanol–water partition coefficient (Wildman–Crippen LogP) is -0.848. The van der Waals surface area contributed by atoms with Crippen LogP contribution in [0.25, 0.3) is 0 Å². The summed E-state index contributed by atoms with van der Waals surface area (Å²) in [5.74, 6) is -3.12. The van der Waals surface area contributed by atoms with Crippen molar-refractivity contribution in [3.8, 4) is 0 Å². The number of hydrogen-bond acceptors (Lipinski definition) is 6. The maximum Gasteiger partial charge on any atom is 0.326 e. The summed E-state index contributed by atoms with van der Waals surface area (Å²) in [6.45, 7) is 6.85. The zero-order chi connectivity index (χ0) is 22.8. The number of aliphatic carboxylic acids is 1. The van der Waals surface area contributed by atoms with Crippen molar-refractivity contribution >= 4 is 23.7 Å². The third kappa shape index (κ3) is 8.19. The van der Waals surface area contributed by atoms with Crippen molar-refractivity contribution in [2.24, 2.45) is 17.6 Å². The number of aromatic amines is 1. The maximum absolute atomic E-state index is 12.8. The summed E-state index contributed by atoms with van der Waals surface area (Å²) >= 11 is 0. The lowest BCUT2D eigenvalue weighted by atomic mass is 10.0. The van der Waals surface area contributed by atoms with Crippen LogP contribution in [0.5, 0.6) is 0 Å². The van der Waals surface area contributed by atoms with Crippen molar-refractivity contribution in [2.75, 3.05) is 6.54 Å². The van der Waals surface area contributed by atoms with Crippen LogP contribution in [0, 0.1) is 11.8 Å². The molecule has 1 rings (SSSR count). The van der Waals surface area contributed by atoms with E-state index in [9.17, 15) is 24.3 Å². The van der Waals surface area contributed by atoms with E-state index in [-0.39, 0.29) is 24.8 Å². The molecule has 0 radical (unpaired) electrons. The van der Waals surface area contributed by atoms with E-state index in [2.05, 4.69) is 25.9 Å². The van der Waals surface area contributed by atoms with Crippen molar-refractivity contribution in [1.82, 2.24) is 25.9 Å². The second kappa shape index (κ2) is 11.9. The molecule has 0 spiro atoms. The molecular weight excluding hydrogens is 392 g/mol. The number of aromatic nitrogens is 2. The molecule has 1 heterocycles. The zero-order valence-electron chi connectivity index (χ0n) is 17.8. The lowest BCUT2D eigenvalue weighted by Crippen LogP contribution is -2.57. The van der Waals surface area contributed by atoms with Crippen molar-refractivity contribution in [1.29, 1.82) is 0 Å². The number of amides is 3. The largest absolute Gasteiger partial charge is 0.480 e. The summed E-state index contributed by atoms with van der Waals surface area (Å²) in [5.41, 5.74) is 5.91. The van der Waals surface area contributed by atoms with Gasteiger partial charge in [0.2, 0.25) is 17.7 Å². The topological polar surface area (TPSA) is 179 Å². The minimum atomic E-state index is -1.17. The van der Waals surface area contributed by atoms with E-state index in [1.165, 1.54) is 12.5 Å². The Hall–Kier alpha value is -2.95. The number of hydrogen-bond donors (Lipinski definition) is 6. The molecule has 7 N–H and O–H groups in total. The van der Waals surface area contributed by atoms with Crippen LogP contribution in [-0.2, 0) is 25.6 Å². The van der Waals surface area contributed by atoms with Crippen LogP contribution in [0.4, 0.5) is 0 Å². The van der Waals surface area contributed by atoms with Gasteiger partial charge in [-0.25, -0.2) is 9.78 Å². The summed E-state index contributed by atoms with van der Waals surface area (Å²) in [7, 11) is 0. The van der Waals surface area contributed by atoms with E-state index in [1.807, 2.05) is 13.8 Å². The first-order chi connectivity index (χ1) is 14.0. The first-order valence-electron chi connectivity index (χ1n) is 9.85. The van der Waals surface area contributed by atoms with Gasteiger partial charge >= 0.3 is 5.97 Å². The smallest absolute Gasteiger partial charge is 0.326 e. The van der Waals surface area contributed by atoms with E-state index in [0.29, 0.717) is 12.1 Å². The molecule has 0 aliphatic carbocycles. The molecule has 3 atom stereocenters. The second-order valence-electron chi connectivity index (χ2n) is 7.86. The number of H-pyrrole nitrogens is 1. The summed E-state index contributed by atoms with van der Waals surface area (Å²) in [5, 5.41) is 17.0. The first-order valence-corrected chi connectivity index (χ1v) is 9.85. The Kier molecular flexibility index (Phi) is 9.96. The molecule has 0 saturated carbocycles. The van der Waals surface area contributed by atoms with Gasteiger partial charge in [0.15, 0.2) is 0 Å². The van der Waals surface area contributed by atoms with E-state index < -0.39 is 41.8 Å². The first kappa shape index (κ1) is 25.1. The second-order valence-corrected chi connectivity index (χ2v) is 7.86. The minimum Gasteiger partial charge on any atom is -0.480 e. The Labute approximate surface area is 175 Å². The van der Waals surface area contributed by atoms with E-state index in [0.717, 1.165) is 0 Å². The molecule has 0 saturated heterocycles. The number of carbonyl (C=O) groups excluding carboxylic acids is 3. The molecule has 0 aromatic carbocycles. The van der Waals surface area contributed by atoms with Gasteiger partial charge in [0.1, 0.15) is 18.1 Å². The molecule has 0 aliphatic rings. The van der Waals surface area contributed by atoms with Crippen molar-refractivity contribution in [3.63, 3.8) is 0 Å². The summed E-state index contributed by atoms with van der Waals surface area (Å²) in [6, 6.07) is -3.05. The molecule has 1 aromatic rings. The third-order valence-corrected chi connectivity index (χ3v) is 4.39. The molecule has 0 bridgehead atoms. The molecule has 3 amide bonds. The highest BCUT2D eigenvalue weighted by molar-refractivity contribution is 5.93. The number of nitrogens with two attached hydrogens (primary N) is 1. The Morgan fingerprint density at radius 2 is 1.70 bits per heavy atom. The zero-order valence-corrected chi connectivity index (χ0v) is 17.8. The van der Waals surface area contributed by atoms with Gasteiger partial charge in [0.05, 0.1) is 12.9 Å². The molecular formula is C19H32N6O5. The highest BCUT2D eigenvalue weighted by Crippen LogP contribution is 2.08. The number of nitrogens with zero attached hydrogens (tertiary/aromatic N) is 1. The standard InChI is InChI=1S/C19H32N6O5/c1-10(2)5-13(23-15(26)7-20)17(27)24-14(6-12-8-21-9-22-12)18(28)25-16(11(3)4)19(29)30/h8-11,13-14,16H,5-7,20H2,1-4H3,(H,21,22)(H,23,26)(H,24,27)(H,25,28)(H,29,30). The van der Waals surface area contributed by atoms with Crippen LogP contribution in [0.15, 0.2) is 12.5 Å². The quantitative estimate of drug-likeness (QED) is 0.253. The Morgan fingerprint density at radius 3 is 2.17 bits per heavy atom. The molecule has 168 valence electrons. The van der Waals surface area contributed by atoms with Crippen molar-refractivity contribution < 1.29 is 24.3 Å². The van der Waals surface area contributed by atoms with Gasteiger partial charge in [-0.05, 0) is 18.3 Å². The Morgan fingerprint density at radius 1 is 1.07 bits per heavy atom. The van der Waals surface area contributed by atoms with Gasteiger partial charge < -0.3 is 31.8 Å². The maximum atomic E-state index is 12.8. The van der Waals surface area contributed by atoms with Crippen LogP contribution < -0.4 is 21.7 Å². The monoisotopic (exact) mass is 424 g/mol. The number of carboxylic acid groups (broad SMARTS) is 1. The number of carbonyl (C=O) groups is 4. The Bertz CT molecular complexity index is 719. The van der Waals surface area contributed by atoms with E-state index in [4.69, 9.17) is 5.73 Å². The van der Waals surface area contributed by atoms with Gasteiger partial charge in [-0.3, -0.25) is 14.4 Å². The number of imidazole rings is 1. The average molecular weight is 425 g/mol. The summed E-state index contributed by atoms with van der Waals surface area (Å²) < 4.78 is 0. The van der Waals surface area contributed by atoms with Crippen LogP contribution in [0.1, 0.15) is 39.8 Å². The van der Waals surface area contributed by atoms with Crippen LogP contribution in [0.2, 0.25) is 0 Å². The van der Waals surface area contributed by atoms with Crippen LogP contribution in [0.3, 0.4) is 0 Å². The van der Waals surface area contributed by atoms with Crippen molar-refractivity contribution in [3.05, 3.63) is 18.2 Å². The van der Waals surface area contributed by atoms with E-state index in [1.54, 1.807) is 13.8 Å². The number of carboxylic acids is 1. The van der Waals surface area contributed by atoms with Gasteiger partial charge in [-0.15, -0.1) is 0 Å². The number of nitrogens with one attached hydrogen (secondary N) is 4. The highest BCUT2D eigenvalue weighted by atomic mass is 16.4. The molecule has 0 aliphatic heterocycles. The van der Waals surface area contributed by atoms with Gasteiger partial charge in [-0.2, -0.15) is 0 Å².